The second-order valence-electron chi connectivity index (χ2n) is 7.87. The molecule has 7 nitrogen and oxygen atoms in total. The van der Waals surface area contributed by atoms with Crippen molar-refractivity contribution in [3.05, 3.63) is 47.2 Å². The normalized spacial score (nSPS) is 15.1. The monoisotopic (exact) mass is 430 g/mol. The van der Waals surface area contributed by atoms with Gasteiger partial charge in [-0.15, -0.1) is 11.8 Å². The minimum absolute atomic E-state index is 0.0771. The average Bonchev–Trinajstić information content (AvgIpc) is 3.13. The lowest BCUT2D eigenvalue weighted by atomic mass is 9.98. The van der Waals surface area contributed by atoms with Crippen LogP contribution in [0.15, 0.2) is 34.9 Å². The Kier molecular flexibility index (Phi) is 8.33. The molecule has 0 radical (unpaired) electrons. The van der Waals surface area contributed by atoms with E-state index in [1.165, 1.54) is 30.2 Å². The van der Waals surface area contributed by atoms with Gasteiger partial charge in [-0.3, -0.25) is 14.5 Å². The zero-order chi connectivity index (χ0) is 21.3. The van der Waals surface area contributed by atoms with Crippen LogP contribution in [0.5, 0.6) is 0 Å². The molecule has 2 aromatic rings. The predicted octanol–water partition coefficient (Wildman–Crippen LogP) is 3.20. The molecule has 0 saturated carbocycles. The molecule has 0 bridgehead atoms. The van der Waals surface area contributed by atoms with Gasteiger partial charge in [0.2, 0.25) is 11.8 Å². The highest BCUT2D eigenvalue weighted by atomic mass is 32.2. The number of thioether (sulfide) groups is 1. The third-order valence-corrected chi connectivity index (χ3v) is 6.16. The van der Waals surface area contributed by atoms with Crippen molar-refractivity contribution in [1.29, 1.82) is 0 Å². The summed E-state index contributed by atoms with van der Waals surface area (Å²) in [6.45, 7) is 7.77. The van der Waals surface area contributed by atoms with Gasteiger partial charge in [0.1, 0.15) is 5.76 Å². The maximum atomic E-state index is 12.2. The molecule has 1 aromatic carbocycles. The Morgan fingerprint density at radius 2 is 1.87 bits per heavy atom. The van der Waals surface area contributed by atoms with Gasteiger partial charge in [0.05, 0.1) is 11.5 Å². The fourth-order valence-corrected chi connectivity index (χ4v) is 4.08. The summed E-state index contributed by atoms with van der Waals surface area (Å²) in [6.07, 6.45) is 2.50. The number of benzene rings is 1. The lowest BCUT2D eigenvalue weighted by molar-refractivity contribution is -0.118. The molecule has 1 saturated heterocycles. The molecular formula is C22H30N4O3S. The zero-order valence-corrected chi connectivity index (χ0v) is 18.5. The quantitative estimate of drug-likeness (QED) is 0.635. The van der Waals surface area contributed by atoms with Gasteiger partial charge in [-0.2, -0.15) is 0 Å². The van der Waals surface area contributed by atoms with Crippen LogP contribution in [0.4, 0.5) is 5.82 Å². The first-order chi connectivity index (χ1) is 14.5. The number of anilines is 1. The Labute approximate surface area is 181 Å². The van der Waals surface area contributed by atoms with Crippen molar-refractivity contribution in [1.82, 2.24) is 15.4 Å². The maximum absolute atomic E-state index is 12.2. The fourth-order valence-electron chi connectivity index (χ4n) is 3.43. The minimum Gasteiger partial charge on any atom is -0.360 e. The number of aromatic nitrogens is 1. The molecule has 1 fully saturated rings. The lowest BCUT2D eigenvalue weighted by Gasteiger charge is -2.30. The number of carbonyl (C=O) groups is 2. The van der Waals surface area contributed by atoms with Crippen LogP contribution in [0, 0.1) is 12.8 Å². The number of amides is 2. The summed E-state index contributed by atoms with van der Waals surface area (Å²) in [5, 5.41) is 9.33. The van der Waals surface area contributed by atoms with E-state index in [4.69, 9.17) is 4.52 Å². The van der Waals surface area contributed by atoms with Crippen LogP contribution in [0.25, 0.3) is 0 Å². The van der Waals surface area contributed by atoms with Crippen LogP contribution in [-0.2, 0) is 22.7 Å². The van der Waals surface area contributed by atoms with E-state index in [2.05, 4.69) is 45.8 Å². The number of hydrogen-bond acceptors (Lipinski definition) is 6. The van der Waals surface area contributed by atoms with Crippen molar-refractivity contribution in [2.45, 2.75) is 39.8 Å². The van der Waals surface area contributed by atoms with Crippen LogP contribution < -0.4 is 10.6 Å². The van der Waals surface area contributed by atoms with Crippen molar-refractivity contribution in [2.24, 2.45) is 5.92 Å². The Morgan fingerprint density at radius 3 is 2.57 bits per heavy atom. The molecule has 3 rings (SSSR count). The third-order valence-electron chi connectivity index (χ3n) is 5.23. The van der Waals surface area contributed by atoms with E-state index in [-0.39, 0.29) is 23.3 Å². The van der Waals surface area contributed by atoms with Gasteiger partial charge in [0.25, 0.3) is 0 Å². The van der Waals surface area contributed by atoms with Gasteiger partial charge in [-0.05, 0) is 49.9 Å². The first-order valence-electron chi connectivity index (χ1n) is 10.4. The minimum atomic E-state index is -0.206. The molecule has 0 aliphatic carbocycles. The molecule has 8 heteroatoms. The summed E-state index contributed by atoms with van der Waals surface area (Å²) in [5.74, 6) is 1.97. The molecule has 1 aliphatic heterocycles. The molecule has 0 unspecified atom stereocenters. The number of aryl methyl sites for hydroxylation is 1. The van der Waals surface area contributed by atoms with Crippen molar-refractivity contribution in [3.63, 3.8) is 0 Å². The SMILES string of the molecule is Cc1cc(NC(=O)CSCC(=O)NCc2ccccc2CN2CCC(C)CC2)no1. The van der Waals surface area contributed by atoms with Crippen LogP contribution in [0.2, 0.25) is 0 Å². The van der Waals surface area contributed by atoms with E-state index in [0.717, 1.165) is 31.1 Å². The van der Waals surface area contributed by atoms with Crippen LogP contribution in [0.1, 0.15) is 36.7 Å². The molecule has 162 valence electrons. The first-order valence-corrected chi connectivity index (χ1v) is 11.5. The topological polar surface area (TPSA) is 87.5 Å². The number of piperidine rings is 1. The molecule has 0 atom stereocenters. The fraction of sp³-hybridized carbons (Fsp3) is 0.500. The number of carbonyl (C=O) groups excluding carboxylic acids is 2. The molecule has 1 aliphatic rings. The van der Waals surface area contributed by atoms with E-state index in [0.29, 0.717) is 18.1 Å². The maximum Gasteiger partial charge on any atom is 0.235 e. The molecule has 2 heterocycles. The summed E-state index contributed by atoms with van der Waals surface area (Å²) in [7, 11) is 0. The number of nitrogens with one attached hydrogen (secondary N) is 2. The predicted molar refractivity (Wildman–Crippen MR) is 119 cm³/mol. The first kappa shape index (κ1) is 22.4. The largest absolute Gasteiger partial charge is 0.360 e. The van der Waals surface area contributed by atoms with E-state index in [1.54, 1.807) is 13.0 Å². The van der Waals surface area contributed by atoms with Crippen LogP contribution in [0.3, 0.4) is 0 Å². The van der Waals surface area contributed by atoms with Gasteiger partial charge in [0, 0.05) is 19.2 Å². The Morgan fingerprint density at radius 1 is 1.17 bits per heavy atom. The van der Waals surface area contributed by atoms with E-state index < -0.39 is 0 Å². The number of nitrogens with zero attached hydrogens (tertiary/aromatic N) is 2. The summed E-state index contributed by atoms with van der Waals surface area (Å²) in [5.41, 5.74) is 2.41. The summed E-state index contributed by atoms with van der Waals surface area (Å²) < 4.78 is 4.91. The van der Waals surface area contributed by atoms with Crippen molar-refractivity contribution in [3.8, 4) is 0 Å². The number of hydrogen-bond donors (Lipinski definition) is 2. The Bertz CT molecular complexity index is 846. The molecule has 2 amide bonds. The van der Waals surface area contributed by atoms with Gasteiger partial charge >= 0.3 is 0 Å². The Balaban J connectivity index is 1.38. The number of likely N-dealkylation sites (tertiary alicyclic amines) is 1. The van der Waals surface area contributed by atoms with Crippen LogP contribution >= 0.6 is 11.8 Å². The molecule has 1 aromatic heterocycles. The number of rotatable bonds is 9. The smallest absolute Gasteiger partial charge is 0.235 e. The highest BCUT2D eigenvalue weighted by Gasteiger charge is 2.17. The van der Waals surface area contributed by atoms with Crippen molar-refractivity contribution >= 4 is 29.4 Å². The summed E-state index contributed by atoms with van der Waals surface area (Å²) in [4.78, 5) is 26.6. The van der Waals surface area contributed by atoms with E-state index in [9.17, 15) is 9.59 Å². The second-order valence-corrected chi connectivity index (χ2v) is 8.85. The molecule has 0 spiro atoms. The summed E-state index contributed by atoms with van der Waals surface area (Å²) >= 11 is 1.27. The third kappa shape index (κ3) is 7.18. The zero-order valence-electron chi connectivity index (χ0n) is 17.6. The highest BCUT2D eigenvalue weighted by Crippen LogP contribution is 2.19. The van der Waals surface area contributed by atoms with Gasteiger partial charge in [0.15, 0.2) is 5.82 Å². The van der Waals surface area contributed by atoms with E-state index >= 15 is 0 Å². The average molecular weight is 431 g/mol. The van der Waals surface area contributed by atoms with Crippen molar-refractivity contribution < 1.29 is 14.1 Å². The van der Waals surface area contributed by atoms with Crippen molar-refractivity contribution in [2.75, 3.05) is 29.9 Å². The van der Waals surface area contributed by atoms with Gasteiger partial charge in [-0.1, -0.05) is 36.3 Å². The summed E-state index contributed by atoms with van der Waals surface area (Å²) in [6, 6.07) is 9.93. The standard InChI is InChI=1S/C22H30N4O3S/c1-16-7-9-26(10-8-16)13-19-6-4-3-5-18(19)12-23-21(27)14-30-15-22(28)24-20-11-17(2)29-25-20/h3-6,11,16H,7-10,12-15H2,1-2H3,(H,23,27)(H,24,25,28). The lowest BCUT2D eigenvalue weighted by Crippen LogP contribution is -2.33. The van der Waals surface area contributed by atoms with Gasteiger partial charge < -0.3 is 15.2 Å². The molecule has 2 N–H and O–H groups in total. The second kappa shape index (κ2) is 11.2. The van der Waals surface area contributed by atoms with E-state index in [1.807, 2.05) is 6.07 Å². The van der Waals surface area contributed by atoms with Crippen LogP contribution in [-0.4, -0.2) is 46.5 Å². The molecule has 30 heavy (non-hydrogen) atoms. The highest BCUT2D eigenvalue weighted by molar-refractivity contribution is 8.00. The Hall–Kier alpha value is -2.32. The van der Waals surface area contributed by atoms with Gasteiger partial charge in [-0.25, -0.2) is 0 Å². The molecular weight excluding hydrogens is 400 g/mol.